The average molecular weight is 595 g/mol. The first kappa shape index (κ1) is 32.4. The van der Waals surface area contributed by atoms with E-state index in [1.165, 1.54) is 18.1 Å². The summed E-state index contributed by atoms with van der Waals surface area (Å²) >= 11 is 0. The summed E-state index contributed by atoms with van der Waals surface area (Å²) in [5.41, 5.74) is 3.21. The monoisotopic (exact) mass is 594 g/mol. The van der Waals surface area contributed by atoms with E-state index in [2.05, 4.69) is 40.7 Å². The zero-order valence-electron chi connectivity index (χ0n) is 25.9. The number of rotatable bonds is 8. The number of allylic oxidation sites excluding steroid dienone is 4. The molecule has 3 N–H and O–H groups in total. The Kier molecular flexibility index (Phi) is 8.85. The fourth-order valence-electron chi connectivity index (χ4n) is 9.40. The molecule has 0 bridgehead atoms. The number of ether oxygens (including phenoxy) is 1. The van der Waals surface area contributed by atoms with Crippen LogP contribution in [0.3, 0.4) is 0 Å². The Morgan fingerprint density at radius 3 is 2.37 bits per heavy atom. The molecule has 4 aliphatic carbocycles. The van der Waals surface area contributed by atoms with E-state index in [9.17, 15) is 28.0 Å². The summed E-state index contributed by atoms with van der Waals surface area (Å²) in [6.07, 6.45) is 6.33. The van der Waals surface area contributed by atoms with Crippen molar-refractivity contribution in [2.24, 2.45) is 39.9 Å². The van der Waals surface area contributed by atoms with Crippen molar-refractivity contribution in [1.82, 2.24) is 0 Å². The molecule has 0 saturated heterocycles. The van der Waals surface area contributed by atoms with Crippen LogP contribution < -0.4 is 0 Å². The number of carbonyl (C=O) groups is 1. The molecule has 8 atom stereocenters. The van der Waals surface area contributed by atoms with Crippen LogP contribution in [0.5, 0.6) is 0 Å². The second-order valence-corrected chi connectivity index (χ2v) is 15.6. The lowest BCUT2D eigenvalue weighted by Crippen LogP contribution is -2.61. The van der Waals surface area contributed by atoms with Gasteiger partial charge in [0.25, 0.3) is 0 Å². The SMILES string of the molecule is CC(=O)OC=C(CC[C@@H](C)[C@H]1CC=C2C3=C([C@@H](O)C[C@@]21C)[C@@]1(C)C[C@@H](O)[C@H](OS(=O)(=O)O)C(C)(C)C1CC3)C(C)C. The summed E-state index contributed by atoms with van der Waals surface area (Å²) in [7, 11) is -4.73. The highest BCUT2D eigenvalue weighted by molar-refractivity contribution is 7.80. The van der Waals surface area contributed by atoms with Crippen LogP contribution in [0.1, 0.15) is 100 Å². The highest BCUT2D eigenvalue weighted by Crippen LogP contribution is 2.67. The number of aliphatic hydroxyl groups is 2. The Hall–Kier alpha value is -1.52. The van der Waals surface area contributed by atoms with Crippen LogP contribution in [0, 0.1) is 39.9 Å². The molecule has 0 radical (unpaired) electrons. The van der Waals surface area contributed by atoms with Crippen molar-refractivity contribution in [2.45, 2.75) is 119 Å². The maximum absolute atomic E-state index is 11.9. The van der Waals surface area contributed by atoms with Gasteiger partial charge in [0, 0.05) is 6.92 Å². The molecular formula is C32H50O8S. The first-order valence-corrected chi connectivity index (χ1v) is 16.5. The molecule has 8 nitrogen and oxygen atoms in total. The van der Waals surface area contributed by atoms with Crippen LogP contribution in [0.15, 0.2) is 34.6 Å². The van der Waals surface area contributed by atoms with Crippen molar-refractivity contribution >= 4 is 16.4 Å². The molecule has 4 rings (SSSR count). The van der Waals surface area contributed by atoms with Gasteiger partial charge in [-0.2, -0.15) is 8.42 Å². The molecular weight excluding hydrogens is 544 g/mol. The van der Waals surface area contributed by atoms with Gasteiger partial charge in [-0.1, -0.05) is 54.5 Å². The summed E-state index contributed by atoms with van der Waals surface area (Å²) in [6, 6.07) is 0. The number of fused-ring (bicyclic) bond motifs is 4. The normalized spacial score (nSPS) is 37.7. The van der Waals surface area contributed by atoms with E-state index in [0.717, 1.165) is 43.3 Å². The van der Waals surface area contributed by atoms with Gasteiger partial charge in [0.1, 0.15) is 6.10 Å². The zero-order chi connectivity index (χ0) is 30.7. The first-order chi connectivity index (χ1) is 18.8. The van der Waals surface area contributed by atoms with Crippen molar-refractivity contribution in [3.8, 4) is 0 Å². The molecule has 1 fully saturated rings. The number of esters is 1. The predicted molar refractivity (Wildman–Crippen MR) is 157 cm³/mol. The van der Waals surface area contributed by atoms with Gasteiger partial charge >= 0.3 is 16.4 Å². The Balaban J connectivity index is 1.60. The van der Waals surface area contributed by atoms with E-state index < -0.39 is 39.5 Å². The highest BCUT2D eigenvalue weighted by atomic mass is 32.3. The van der Waals surface area contributed by atoms with Crippen molar-refractivity contribution in [2.75, 3.05) is 0 Å². The van der Waals surface area contributed by atoms with Gasteiger partial charge in [-0.3, -0.25) is 9.35 Å². The number of carbonyl (C=O) groups excluding carboxylic acids is 1. The maximum Gasteiger partial charge on any atom is 0.397 e. The standard InChI is InChI=1S/C32H50O8S/c1-18(2)21(17-39-20(4)33)10-9-19(3)23-12-13-24-22-11-14-27-30(5,6)29(40-41(36,37)38)26(35)16-32(27,8)28(22)25(34)15-31(23,24)7/h13,17-19,23,25-27,29,34-35H,9-12,14-16H2,1-8H3,(H,36,37,38)/t19-,23-,25+,26-,27?,29+,31-,32+/m1/s1. The third-order valence-electron chi connectivity index (χ3n) is 11.2. The van der Waals surface area contributed by atoms with Gasteiger partial charge < -0.3 is 14.9 Å². The van der Waals surface area contributed by atoms with Crippen molar-refractivity contribution in [1.29, 1.82) is 0 Å². The van der Waals surface area contributed by atoms with Gasteiger partial charge in [-0.05, 0) is 107 Å². The molecule has 0 amide bonds. The van der Waals surface area contributed by atoms with Crippen molar-refractivity contribution < 1.29 is 36.9 Å². The Labute approximate surface area is 246 Å². The van der Waals surface area contributed by atoms with Gasteiger partial charge in [0.2, 0.25) is 0 Å². The molecule has 1 saturated carbocycles. The van der Waals surface area contributed by atoms with Gasteiger partial charge in [0.15, 0.2) is 0 Å². The van der Waals surface area contributed by atoms with Gasteiger partial charge in [0.05, 0.1) is 18.5 Å². The van der Waals surface area contributed by atoms with Gasteiger partial charge in [-0.25, -0.2) is 4.18 Å². The molecule has 41 heavy (non-hydrogen) atoms. The third-order valence-corrected chi connectivity index (χ3v) is 11.7. The van der Waals surface area contributed by atoms with Crippen molar-refractivity contribution in [3.05, 3.63) is 34.6 Å². The molecule has 4 aliphatic rings. The summed E-state index contributed by atoms with van der Waals surface area (Å²) in [6.45, 7) is 16.1. The lowest BCUT2D eigenvalue weighted by Gasteiger charge is -2.61. The van der Waals surface area contributed by atoms with Crippen LogP contribution in [0.2, 0.25) is 0 Å². The fourth-order valence-corrected chi connectivity index (χ4v) is 10.0. The number of aliphatic hydroxyl groups excluding tert-OH is 2. The molecule has 9 heteroatoms. The van der Waals surface area contributed by atoms with E-state index in [-0.39, 0.29) is 29.6 Å². The van der Waals surface area contributed by atoms with E-state index in [1.54, 1.807) is 6.26 Å². The lowest BCUT2D eigenvalue weighted by molar-refractivity contribution is -0.149. The maximum atomic E-state index is 11.9. The van der Waals surface area contributed by atoms with Crippen LogP contribution in [-0.4, -0.2) is 47.5 Å². The predicted octanol–water partition coefficient (Wildman–Crippen LogP) is 5.91. The Morgan fingerprint density at radius 2 is 1.78 bits per heavy atom. The van der Waals surface area contributed by atoms with E-state index in [4.69, 9.17) is 8.92 Å². The molecule has 1 unspecified atom stereocenters. The second kappa shape index (κ2) is 11.2. The van der Waals surface area contributed by atoms with Gasteiger partial charge in [-0.15, -0.1) is 0 Å². The minimum atomic E-state index is -4.73. The second-order valence-electron chi connectivity index (χ2n) is 14.5. The van der Waals surface area contributed by atoms with Crippen LogP contribution in [-0.2, 0) is 24.1 Å². The topological polar surface area (TPSA) is 130 Å². The Morgan fingerprint density at radius 1 is 1.12 bits per heavy atom. The highest BCUT2D eigenvalue weighted by Gasteiger charge is 2.62. The summed E-state index contributed by atoms with van der Waals surface area (Å²) in [5, 5.41) is 23.0. The first-order valence-electron chi connectivity index (χ1n) is 15.2. The zero-order valence-corrected chi connectivity index (χ0v) is 26.8. The largest absolute Gasteiger partial charge is 0.435 e. The van der Waals surface area contributed by atoms with Crippen LogP contribution >= 0.6 is 0 Å². The summed E-state index contributed by atoms with van der Waals surface area (Å²) in [4.78, 5) is 11.3. The molecule has 0 heterocycles. The molecule has 0 aliphatic heterocycles. The number of hydrogen-bond donors (Lipinski definition) is 3. The Bertz CT molecular complexity index is 1240. The lowest BCUT2D eigenvalue weighted by atomic mass is 9.45. The molecule has 0 aromatic rings. The molecule has 232 valence electrons. The molecule has 0 aromatic heterocycles. The quantitative estimate of drug-likeness (QED) is 0.180. The van der Waals surface area contributed by atoms with E-state index in [1.807, 2.05) is 13.8 Å². The molecule has 0 aromatic carbocycles. The summed E-state index contributed by atoms with van der Waals surface area (Å²) in [5.74, 6) is 0.690. The van der Waals surface area contributed by atoms with Crippen LogP contribution in [0.4, 0.5) is 0 Å². The third kappa shape index (κ3) is 5.86. The average Bonchev–Trinajstić information content (AvgIpc) is 3.16. The number of hydrogen-bond acceptors (Lipinski definition) is 7. The van der Waals surface area contributed by atoms with Crippen LogP contribution in [0.25, 0.3) is 0 Å². The minimum Gasteiger partial charge on any atom is -0.435 e. The minimum absolute atomic E-state index is 0.0434. The molecule has 0 spiro atoms. The summed E-state index contributed by atoms with van der Waals surface area (Å²) < 4.78 is 42.9. The fraction of sp³-hybridized carbons (Fsp3) is 0.781. The van der Waals surface area contributed by atoms with Crippen molar-refractivity contribution in [3.63, 3.8) is 0 Å². The smallest absolute Gasteiger partial charge is 0.397 e. The van der Waals surface area contributed by atoms with E-state index in [0.29, 0.717) is 18.3 Å². The van der Waals surface area contributed by atoms with E-state index >= 15 is 0 Å².